The van der Waals surface area contributed by atoms with Gasteiger partial charge in [-0.2, -0.15) is 0 Å². The summed E-state index contributed by atoms with van der Waals surface area (Å²) in [6.07, 6.45) is 2.16. The van der Waals surface area contributed by atoms with E-state index in [1.54, 1.807) is 22.7 Å². The Bertz CT molecular complexity index is 1460. The Kier molecular flexibility index (Phi) is 8.01. The van der Waals surface area contributed by atoms with Crippen molar-refractivity contribution < 1.29 is 4.79 Å². The molecule has 0 saturated heterocycles. The molecule has 0 bridgehead atoms. The van der Waals surface area contributed by atoms with Crippen molar-refractivity contribution in [2.75, 3.05) is 11.9 Å². The third kappa shape index (κ3) is 5.78. The number of hydrogen-bond acceptors (Lipinski definition) is 5. The Morgan fingerprint density at radius 2 is 1.59 bits per heavy atom. The van der Waals surface area contributed by atoms with Gasteiger partial charge in [0.2, 0.25) is 5.91 Å². The van der Waals surface area contributed by atoms with Crippen LogP contribution in [-0.2, 0) is 30.7 Å². The van der Waals surface area contributed by atoms with Gasteiger partial charge >= 0.3 is 0 Å². The lowest BCUT2D eigenvalue weighted by Gasteiger charge is -2.27. The van der Waals surface area contributed by atoms with Gasteiger partial charge < -0.3 is 5.32 Å². The minimum Gasteiger partial charge on any atom is -0.317 e. The number of benzene rings is 3. The van der Waals surface area contributed by atoms with Gasteiger partial charge in [0.25, 0.3) is 0 Å². The standard InChI is InChI=1S/C30H27N3OS2.ClH/c34-27(16-15-21-9-3-1-4-10-21)32-30-28(29-31-24-13-7-8-14-25(24)35-29)23-17-18-33(20-26(23)36-30)19-22-11-5-2-6-12-22;/h1-14H,15-20H2,(H,32,34);1H. The third-order valence-electron chi connectivity index (χ3n) is 6.63. The quantitative estimate of drug-likeness (QED) is 0.229. The van der Waals surface area contributed by atoms with Gasteiger partial charge in [-0.1, -0.05) is 72.8 Å². The SMILES string of the molecule is Cl.O=C(CCc1ccccc1)Nc1sc2c(c1-c1nc3ccccc3s1)CCN(Cc1ccccc1)C2. The number of aromatic nitrogens is 1. The van der Waals surface area contributed by atoms with Crippen LogP contribution >= 0.6 is 35.1 Å². The number of carbonyl (C=O) groups excluding carboxylic acids is 1. The molecule has 0 unspecified atom stereocenters. The lowest BCUT2D eigenvalue weighted by molar-refractivity contribution is -0.116. The monoisotopic (exact) mass is 545 g/mol. The van der Waals surface area contributed by atoms with E-state index in [0.717, 1.165) is 53.6 Å². The second kappa shape index (κ2) is 11.6. The largest absolute Gasteiger partial charge is 0.317 e. The molecule has 188 valence electrons. The van der Waals surface area contributed by atoms with Crippen molar-refractivity contribution in [1.29, 1.82) is 0 Å². The minimum atomic E-state index is 0. The Morgan fingerprint density at radius 1 is 0.892 bits per heavy atom. The van der Waals surface area contributed by atoms with E-state index in [-0.39, 0.29) is 18.3 Å². The Morgan fingerprint density at radius 3 is 2.35 bits per heavy atom. The molecule has 0 atom stereocenters. The van der Waals surface area contributed by atoms with E-state index in [9.17, 15) is 4.79 Å². The number of carbonyl (C=O) groups is 1. The van der Waals surface area contributed by atoms with Crippen molar-refractivity contribution in [1.82, 2.24) is 9.88 Å². The highest BCUT2D eigenvalue weighted by Gasteiger charge is 2.27. The van der Waals surface area contributed by atoms with Gasteiger partial charge in [0.1, 0.15) is 10.0 Å². The van der Waals surface area contributed by atoms with E-state index in [1.807, 2.05) is 24.3 Å². The molecule has 1 aliphatic heterocycles. The van der Waals surface area contributed by atoms with E-state index in [2.05, 4.69) is 70.9 Å². The molecule has 0 fully saturated rings. The van der Waals surface area contributed by atoms with Crippen LogP contribution in [0.3, 0.4) is 0 Å². The van der Waals surface area contributed by atoms with Gasteiger partial charge in [-0.15, -0.1) is 35.1 Å². The fourth-order valence-electron chi connectivity index (χ4n) is 4.82. The van der Waals surface area contributed by atoms with Crippen LogP contribution in [-0.4, -0.2) is 22.3 Å². The maximum absolute atomic E-state index is 13.0. The van der Waals surface area contributed by atoms with Crippen molar-refractivity contribution >= 4 is 56.2 Å². The predicted octanol–water partition coefficient (Wildman–Crippen LogP) is 7.58. The molecule has 5 aromatic rings. The number of halogens is 1. The molecule has 4 nitrogen and oxygen atoms in total. The number of para-hydroxylation sites is 1. The molecule has 2 aromatic heterocycles. The first-order valence-corrected chi connectivity index (χ1v) is 14.0. The summed E-state index contributed by atoms with van der Waals surface area (Å²) in [6, 6.07) is 29.1. The highest BCUT2D eigenvalue weighted by atomic mass is 35.5. The zero-order valence-corrected chi connectivity index (χ0v) is 22.8. The first-order chi connectivity index (χ1) is 17.7. The first kappa shape index (κ1) is 25.6. The number of aryl methyl sites for hydroxylation is 1. The summed E-state index contributed by atoms with van der Waals surface area (Å²) in [5, 5.41) is 5.22. The third-order valence-corrected chi connectivity index (χ3v) is 8.82. The van der Waals surface area contributed by atoms with Crippen molar-refractivity contribution in [3.63, 3.8) is 0 Å². The number of rotatable bonds is 7. The van der Waals surface area contributed by atoms with Crippen LogP contribution in [0.5, 0.6) is 0 Å². The Labute approximate surface area is 231 Å². The molecule has 1 amide bonds. The van der Waals surface area contributed by atoms with Crippen LogP contribution in [0.15, 0.2) is 84.9 Å². The molecule has 6 rings (SSSR count). The summed E-state index contributed by atoms with van der Waals surface area (Å²) in [5.74, 6) is 0.0564. The van der Waals surface area contributed by atoms with Crippen LogP contribution in [0, 0.1) is 0 Å². The second-order valence-corrected chi connectivity index (χ2v) is 11.3. The summed E-state index contributed by atoms with van der Waals surface area (Å²) in [7, 11) is 0. The number of fused-ring (bicyclic) bond motifs is 2. The van der Waals surface area contributed by atoms with Crippen molar-refractivity contribution in [3.05, 3.63) is 106 Å². The number of nitrogens with one attached hydrogen (secondary N) is 1. The normalized spacial score (nSPS) is 13.2. The topological polar surface area (TPSA) is 45.2 Å². The van der Waals surface area contributed by atoms with Crippen molar-refractivity contribution in [3.8, 4) is 10.6 Å². The van der Waals surface area contributed by atoms with E-state index in [4.69, 9.17) is 4.98 Å². The molecule has 0 spiro atoms. The molecule has 0 radical (unpaired) electrons. The van der Waals surface area contributed by atoms with E-state index in [0.29, 0.717) is 6.42 Å². The fraction of sp³-hybridized carbons (Fsp3) is 0.200. The summed E-state index contributed by atoms with van der Waals surface area (Å²) < 4.78 is 1.18. The fourth-order valence-corrected chi connectivity index (χ4v) is 7.23. The molecule has 1 N–H and O–H groups in total. The van der Waals surface area contributed by atoms with Crippen LogP contribution < -0.4 is 5.32 Å². The zero-order chi connectivity index (χ0) is 24.3. The number of thiazole rings is 1. The van der Waals surface area contributed by atoms with Crippen LogP contribution in [0.25, 0.3) is 20.8 Å². The minimum absolute atomic E-state index is 0. The number of thiophene rings is 1. The number of amides is 1. The average molecular weight is 546 g/mol. The molecular weight excluding hydrogens is 518 g/mol. The van der Waals surface area contributed by atoms with Gasteiger partial charge in [-0.3, -0.25) is 9.69 Å². The maximum atomic E-state index is 13.0. The molecule has 7 heteroatoms. The molecular formula is C30H28ClN3OS2. The van der Waals surface area contributed by atoms with Crippen LogP contribution in [0.2, 0.25) is 0 Å². The van der Waals surface area contributed by atoms with Crippen molar-refractivity contribution in [2.24, 2.45) is 0 Å². The molecule has 0 aliphatic carbocycles. The zero-order valence-electron chi connectivity index (χ0n) is 20.4. The average Bonchev–Trinajstić information content (AvgIpc) is 3.49. The van der Waals surface area contributed by atoms with E-state index in [1.165, 1.54) is 26.3 Å². The lowest BCUT2D eigenvalue weighted by Crippen LogP contribution is -2.29. The molecule has 3 aromatic carbocycles. The van der Waals surface area contributed by atoms with Gasteiger partial charge in [0.15, 0.2) is 0 Å². The van der Waals surface area contributed by atoms with Gasteiger partial charge in [-0.25, -0.2) is 4.98 Å². The number of anilines is 1. The summed E-state index contributed by atoms with van der Waals surface area (Å²) in [5.41, 5.74) is 6.00. The number of hydrogen-bond donors (Lipinski definition) is 1. The number of nitrogens with zero attached hydrogens (tertiary/aromatic N) is 2. The molecule has 37 heavy (non-hydrogen) atoms. The predicted molar refractivity (Wildman–Crippen MR) is 158 cm³/mol. The molecule has 0 saturated carbocycles. The summed E-state index contributed by atoms with van der Waals surface area (Å²) >= 11 is 3.44. The van der Waals surface area contributed by atoms with Gasteiger partial charge in [0, 0.05) is 36.5 Å². The molecule has 3 heterocycles. The summed E-state index contributed by atoms with van der Waals surface area (Å²) in [6.45, 7) is 2.83. The lowest BCUT2D eigenvalue weighted by atomic mass is 10.0. The second-order valence-electron chi connectivity index (χ2n) is 9.17. The smallest absolute Gasteiger partial charge is 0.225 e. The van der Waals surface area contributed by atoms with Crippen LogP contribution in [0.4, 0.5) is 5.00 Å². The van der Waals surface area contributed by atoms with Gasteiger partial charge in [-0.05, 0) is 41.7 Å². The maximum Gasteiger partial charge on any atom is 0.225 e. The van der Waals surface area contributed by atoms with Crippen molar-refractivity contribution in [2.45, 2.75) is 32.4 Å². The Balaban J connectivity index is 0.00000280. The van der Waals surface area contributed by atoms with Crippen LogP contribution in [0.1, 0.15) is 28.0 Å². The van der Waals surface area contributed by atoms with E-state index >= 15 is 0 Å². The first-order valence-electron chi connectivity index (χ1n) is 12.3. The highest BCUT2D eigenvalue weighted by Crippen LogP contribution is 2.45. The highest BCUT2D eigenvalue weighted by molar-refractivity contribution is 7.22. The molecule has 1 aliphatic rings. The van der Waals surface area contributed by atoms with E-state index < -0.39 is 0 Å². The Hall–Kier alpha value is -3.03. The summed E-state index contributed by atoms with van der Waals surface area (Å²) in [4.78, 5) is 21.8. The van der Waals surface area contributed by atoms with Gasteiger partial charge in [0.05, 0.1) is 10.2 Å².